The van der Waals surface area contributed by atoms with E-state index >= 15 is 0 Å². The lowest BCUT2D eigenvalue weighted by Crippen LogP contribution is -2.02. The highest BCUT2D eigenvalue weighted by atomic mass is 32.2. The van der Waals surface area contributed by atoms with Crippen molar-refractivity contribution in [2.45, 2.75) is 36.2 Å². The van der Waals surface area contributed by atoms with E-state index in [0.717, 1.165) is 28.8 Å². The summed E-state index contributed by atoms with van der Waals surface area (Å²) < 4.78 is 7.75. The lowest BCUT2D eigenvalue weighted by Gasteiger charge is -2.05. The Hall–Kier alpha value is -2.34. The summed E-state index contributed by atoms with van der Waals surface area (Å²) in [5.41, 5.74) is 1.89. The van der Waals surface area contributed by atoms with Crippen molar-refractivity contribution in [1.82, 2.24) is 19.7 Å². The Kier molecular flexibility index (Phi) is 4.21. The normalized spacial score (nSPS) is 14.0. The molecular formula is C18H18N4OS. The number of nitrogens with zero attached hydrogens (tertiary/aromatic N) is 4. The van der Waals surface area contributed by atoms with E-state index in [0.29, 0.717) is 17.6 Å². The van der Waals surface area contributed by atoms with Crippen molar-refractivity contribution >= 4 is 11.8 Å². The number of oxazole rings is 1. The number of hydrogen-bond donors (Lipinski definition) is 0. The molecule has 0 amide bonds. The van der Waals surface area contributed by atoms with Crippen molar-refractivity contribution in [2.24, 2.45) is 0 Å². The molecule has 0 radical (unpaired) electrons. The minimum atomic E-state index is 0.573. The lowest BCUT2D eigenvalue weighted by atomic mass is 10.2. The van der Waals surface area contributed by atoms with Gasteiger partial charge in [-0.1, -0.05) is 36.0 Å². The van der Waals surface area contributed by atoms with Gasteiger partial charge in [0.1, 0.15) is 12.1 Å². The first-order valence-electron chi connectivity index (χ1n) is 8.02. The van der Waals surface area contributed by atoms with Crippen molar-refractivity contribution in [3.8, 4) is 11.5 Å². The van der Waals surface area contributed by atoms with Crippen molar-refractivity contribution in [2.75, 3.05) is 0 Å². The maximum Gasteiger partial charge on any atom is 0.226 e. The molecule has 2 heterocycles. The number of aromatic nitrogens is 4. The van der Waals surface area contributed by atoms with E-state index in [1.54, 1.807) is 18.0 Å². The van der Waals surface area contributed by atoms with Crippen molar-refractivity contribution in [1.29, 1.82) is 0 Å². The van der Waals surface area contributed by atoms with Gasteiger partial charge in [-0.3, -0.25) is 0 Å². The predicted molar refractivity (Wildman–Crippen MR) is 93.7 cm³/mol. The largest absolute Gasteiger partial charge is 0.444 e. The first kappa shape index (κ1) is 15.2. The third-order valence-corrected chi connectivity index (χ3v) is 4.92. The van der Waals surface area contributed by atoms with Crippen LogP contribution in [-0.2, 0) is 12.3 Å². The fraction of sp³-hybridized carbons (Fsp3) is 0.278. The molecule has 0 saturated heterocycles. The summed E-state index contributed by atoms with van der Waals surface area (Å²) in [6, 6.07) is 9.92. The van der Waals surface area contributed by atoms with Gasteiger partial charge in [0.15, 0.2) is 5.16 Å². The van der Waals surface area contributed by atoms with Gasteiger partial charge < -0.3 is 8.98 Å². The van der Waals surface area contributed by atoms with Crippen LogP contribution in [0.25, 0.3) is 11.5 Å². The Bertz CT molecular complexity index is 836. The topological polar surface area (TPSA) is 56.7 Å². The second kappa shape index (κ2) is 6.65. The Morgan fingerprint density at radius 2 is 2.08 bits per heavy atom. The number of rotatable bonds is 7. The van der Waals surface area contributed by atoms with Crippen molar-refractivity contribution < 1.29 is 4.42 Å². The third kappa shape index (κ3) is 3.14. The second-order valence-corrected chi connectivity index (χ2v) is 6.76. The van der Waals surface area contributed by atoms with Crippen LogP contribution < -0.4 is 0 Å². The predicted octanol–water partition coefficient (Wildman–Crippen LogP) is 4.29. The van der Waals surface area contributed by atoms with Gasteiger partial charge in [-0.15, -0.1) is 16.8 Å². The summed E-state index contributed by atoms with van der Waals surface area (Å²) in [6.07, 6.45) is 6.03. The molecule has 1 aliphatic carbocycles. The molecule has 3 aromatic rings. The molecule has 2 aromatic heterocycles. The van der Waals surface area contributed by atoms with Gasteiger partial charge in [-0.05, 0) is 25.0 Å². The monoisotopic (exact) mass is 338 g/mol. The Morgan fingerprint density at radius 3 is 2.83 bits per heavy atom. The Balaban J connectivity index is 1.47. The summed E-state index contributed by atoms with van der Waals surface area (Å²) in [6.45, 7) is 4.59. The van der Waals surface area contributed by atoms with Crippen LogP contribution in [0.3, 0.4) is 0 Å². The Labute approximate surface area is 144 Å². The van der Waals surface area contributed by atoms with Crippen LogP contribution in [0.2, 0.25) is 0 Å². The van der Waals surface area contributed by atoms with Crippen molar-refractivity contribution in [3.05, 3.63) is 60.8 Å². The number of allylic oxidation sites excluding steroid dienone is 1. The summed E-state index contributed by atoms with van der Waals surface area (Å²) in [5.74, 6) is 3.01. The summed E-state index contributed by atoms with van der Waals surface area (Å²) >= 11 is 1.63. The molecular weight excluding hydrogens is 320 g/mol. The van der Waals surface area contributed by atoms with E-state index in [1.807, 2.05) is 36.4 Å². The van der Waals surface area contributed by atoms with Gasteiger partial charge in [-0.2, -0.15) is 0 Å². The Morgan fingerprint density at radius 1 is 1.25 bits per heavy atom. The highest BCUT2D eigenvalue weighted by Crippen LogP contribution is 2.40. The summed E-state index contributed by atoms with van der Waals surface area (Å²) in [4.78, 5) is 4.56. The molecule has 0 N–H and O–H groups in total. The molecule has 0 unspecified atom stereocenters. The first-order chi connectivity index (χ1) is 11.8. The summed E-state index contributed by atoms with van der Waals surface area (Å²) in [5, 5.41) is 9.63. The van der Waals surface area contributed by atoms with Crippen LogP contribution in [0.15, 0.2) is 58.8 Å². The second-order valence-electron chi connectivity index (χ2n) is 5.81. The quantitative estimate of drug-likeness (QED) is 0.475. The van der Waals surface area contributed by atoms with E-state index in [9.17, 15) is 0 Å². The van der Waals surface area contributed by atoms with Gasteiger partial charge in [0.05, 0.1) is 5.69 Å². The van der Waals surface area contributed by atoms with Gasteiger partial charge >= 0.3 is 0 Å². The van der Waals surface area contributed by atoms with E-state index in [4.69, 9.17) is 4.42 Å². The zero-order valence-electron chi connectivity index (χ0n) is 13.3. The smallest absolute Gasteiger partial charge is 0.226 e. The maximum absolute atomic E-state index is 5.59. The number of thioether (sulfide) groups is 1. The van der Waals surface area contributed by atoms with Gasteiger partial charge in [0.2, 0.25) is 5.89 Å². The number of benzene rings is 1. The fourth-order valence-corrected chi connectivity index (χ4v) is 3.41. The number of hydrogen-bond acceptors (Lipinski definition) is 5. The molecule has 1 aromatic carbocycles. The molecule has 4 rings (SSSR count). The van der Waals surface area contributed by atoms with Crippen LogP contribution >= 0.6 is 11.8 Å². The molecule has 24 heavy (non-hydrogen) atoms. The molecule has 0 atom stereocenters. The lowest BCUT2D eigenvalue weighted by molar-refractivity contribution is 0.573. The van der Waals surface area contributed by atoms with E-state index in [1.165, 1.54) is 12.8 Å². The third-order valence-electron chi connectivity index (χ3n) is 3.92. The van der Waals surface area contributed by atoms with Crippen LogP contribution in [0.5, 0.6) is 0 Å². The van der Waals surface area contributed by atoms with Crippen LogP contribution in [0.1, 0.15) is 30.3 Å². The van der Waals surface area contributed by atoms with E-state index < -0.39 is 0 Å². The van der Waals surface area contributed by atoms with Gasteiger partial charge in [-0.25, -0.2) is 4.98 Å². The molecule has 5 nitrogen and oxygen atoms in total. The highest BCUT2D eigenvalue weighted by Gasteiger charge is 2.30. The molecule has 0 spiro atoms. The van der Waals surface area contributed by atoms with Crippen LogP contribution in [0.4, 0.5) is 0 Å². The molecule has 1 aliphatic rings. The molecule has 6 heteroatoms. The minimum Gasteiger partial charge on any atom is -0.444 e. The fourth-order valence-electron chi connectivity index (χ4n) is 2.58. The average molecular weight is 338 g/mol. The molecule has 122 valence electrons. The van der Waals surface area contributed by atoms with Crippen molar-refractivity contribution in [3.63, 3.8) is 0 Å². The van der Waals surface area contributed by atoms with Crippen LogP contribution in [0, 0.1) is 0 Å². The average Bonchev–Trinajstić information content (AvgIpc) is 3.21. The zero-order chi connectivity index (χ0) is 16.4. The van der Waals surface area contributed by atoms with Gasteiger partial charge in [0, 0.05) is 23.8 Å². The maximum atomic E-state index is 5.59. The molecule has 1 fully saturated rings. The molecule has 0 aliphatic heterocycles. The summed E-state index contributed by atoms with van der Waals surface area (Å²) in [7, 11) is 0. The minimum absolute atomic E-state index is 0.573. The van der Waals surface area contributed by atoms with E-state index in [2.05, 4.69) is 26.3 Å². The SMILES string of the molecule is C=CCn1c(SCc2coc(-c3ccccc3)n2)nnc1C1CC1. The van der Waals surface area contributed by atoms with Gasteiger partial charge in [0.25, 0.3) is 0 Å². The zero-order valence-corrected chi connectivity index (χ0v) is 14.1. The molecule has 1 saturated carbocycles. The van der Waals surface area contributed by atoms with E-state index in [-0.39, 0.29) is 0 Å². The van der Waals surface area contributed by atoms with Crippen LogP contribution in [-0.4, -0.2) is 19.7 Å². The molecule has 0 bridgehead atoms. The first-order valence-corrected chi connectivity index (χ1v) is 9.00. The highest BCUT2D eigenvalue weighted by molar-refractivity contribution is 7.98. The standard InChI is InChI=1S/C18H18N4OS/c1-2-10-22-16(13-8-9-13)20-21-18(22)24-12-15-11-23-17(19-15)14-6-4-3-5-7-14/h2-7,11,13H,1,8-10,12H2.